The van der Waals surface area contributed by atoms with Gasteiger partial charge < -0.3 is 9.73 Å². The van der Waals surface area contributed by atoms with Gasteiger partial charge in [0.25, 0.3) is 5.89 Å². The quantitative estimate of drug-likeness (QED) is 0.648. The van der Waals surface area contributed by atoms with Crippen molar-refractivity contribution in [2.75, 3.05) is 13.1 Å². The highest BCUT2D eigenvalue weighted by molar-refractivity contribution is 4.95. The van der Waals surface area contributed by atoms with E-state index in [1.54, 1.807) is 0 Å². The molecule has 1 aromatic heterocycles. The van der Waals surface area contributed by atoms with Crippen LogP contribution in [0, 0.1) is 0 Å². The molecule has 98 valence electrons. The first-order chi connectivity index (χ1) is 7.79. The molecule has 1 N–H and O–H groups in total. The van der Waals surface area contributed by atoms with Crippen molar-refractivity contribution in [1.29, 1.82) is 0 Å². The van der Waals surface area contributed by atoms with E-state index >= 15 is 0 Å². The first-order valence-corrected chi connectivity index (χ1v) is 4.77. The van der Waals surface area contributed by atoms with E-state index in [9.17, 15) is 22.0 Å². The van der Waals surface area contributed by atoms with Gasteiger partial charge in [0.1, 0.15) is 0 Å². The SMILES string of the molecule is CCNCCc1nnc(C(F)(F)C(F)(F)F)o1. The van der Waals surface area contributed by atoms with Crippen LogP contribution in [-0.4, -0.2) is 29.5 Å². The molecule has 0 aliphatic rings. The topological polar surface area (TPSA) is 51.0 Å². The van der Waals surface area contributed by atoms with Gasteiger partial charge in [-0.1, -0.05) is 6.92 Å². The molecule has 1 aromatic rings. The van der Waals surface area contributed by atoms with Crippen LogP contribution in [0.15, 0.2) is 4.42 Å². The fourth-order valence-corrected chi connectivity index (χ4v) is 0.975. The third-order valence-electron chi connectivity index (χ3n) is 1.86. The van der Waals surface area contributed by atoms with Crippen LogP contribution in [0.2, 0.25) is 0 Å². The Kier molecular flexibility index (Phi) is 4.02. The zero-order valence-electron chi connectivity index (χ0n) is 8.81. The second-order valence-electron chi connectivity index (χ2n) is 3.18. The van der Waals surface area contributed by atoms with Gasteiger partial charge in [-0.05, 0) is 6.54 Å². The Labute approximate surface area is 93.2 Å². The summed E-state index contributed by atoms with van der Waals surface area (Å²) in [5, 5.41) is 8.69. The molecule has 0 atom stereocenters. The maximum absolute atomic E-state index is 12.7. The van der Waals surface area contributed by atoms with E-state index in [-0.39, 0.29) is 12.3 Å². The summed E-state index contributed by atoms with van der Waals surface area (Å²) in [5.41, 5.74) is 0. The molecule has 0 amide bonds. The lowest BCUT2D eigenvalue weighted by molar-refractivity contribution is -0.297. The lowest BCUT2D eigenvalue weighted by Gasteiger charge is -2.14. The van der Waals surface area contributed by atoms with Crippen molar-refractivity contribution in [1.82, 2.24) is 15.5 Å². The van der Waals surface area contributed by atoms with Gasteiger partial charge in [0.15, 0.2) is 0 Å². The molecule has 0 aliphatic carbocycles. The van der Waals surface area contributed by atoms with Crippen LogP contribution >= 0.6 is 0 Å². The minimum atomic E-state index is -5.74. The summed E-state index contributed by atoms with van der Waals surface area (Å²) in [6.45, 7) is 2.81. The number of hydrogen-bond acceptors (Lipinski definition) is 4. The fraction of sp³-hybridized carbons (Fsp3) is 0.750. The molecule has 0 aromatic carbocycles. The van der Waals surface area contributed by atoms with Crippen molar-refractivity contribution >= 4 is 0 Å². The molecule has 0 aliphatic heterocycles. The van der Waals surface area contributed by atoms with Gasteiger partial charge in [0.05, 0.1) is 0 Å². The van der Waals surface area contributed by atoms with Gasteiger partial charge in [0.2, 0.25) is 5.89 Å². The smallest absolute Gasteiger partial charge is 0.419 e. The molecule has 0 fully saturated rings. The number of nitrogens with one attached hydrogen (secondary N) is 1. The molecule has 17 heavy (non-hydrogen) atoms. The van der Waals surface area contributed by atoms with Crippen LogP contribution in [0.4, 0.5) is 22.0 Å². The Hall–Kier alpha value is -1.25. The highest BCUT2D eigenvalue weighted by Crippen LogP contribution is 2.42. The van der Waals surface area contributed by atoms with E-state index in [1.165, 1.54) is 0 Å². The number of rotatable bonds is 5. The average Bonchev–Trinajstić information content (AvgIpc) is 2.65. The molecule has 0 saturated heterocycles. The number of aromatic nitrogens is 2. The lowest BCUT2D eigenvalue weighted by atomic mass is 10.3. The molecule has 0 radical (unpaired) electrons. The maximum atomic E-state index is 12.7. The van der Waals surface area contributed by atoms with Gasteiger partial charge in [-0.15, -0.1) is 10.2 Å². The van der Waals surface area contributed by atoms with Crippen molar-refractivity contribution in [2.45, 2.75) is 25.4 Å². The summed E-state index contributed by atoms with van der Waals surface area (Å²) in [5.74, 6) is -7.10. The maximum Gasteiger partial charge on any atom is 0.463 e. The lowest BCUT2D eigenvalue weighted by Crippen LogP contribution is -2.34. The normalized spacial score (nSPS) is 13.1. The van der Waals surface area contributed by atoms with Crippen molar-refractivity contribution in [3.05, 3.63) is 11.8 Å². The van der Waals surface area contributed by atoms with Gasteiger partial charge in [-0.2, -0.15) is 22.0 Å². The number of hydrogen-bond donors (Lipinski definition) is 1. The first-order valence-electron chi connectivity index (χ1n) is 4.77. The number of halogens is 5. The van der Waals surface area contributed by atoms with Crippen LogP contribution in [0.5, 0.6) is 0 Å². The summed E-state index contributed by atoms with van der Waals surface area (Å²) in [4.78, 5) is 0. The summed E-state index contributed by atoms with van der Waals surface area (Å²) in [6.07, 6.45) is -5.65. The standard InChI is InChI=1S/C8H10F5N3O/c1-2-14-4-3-5-15-16-6(17-5)7(9,10)8(11,12)13/h14H,2-4H2,1H3. The predicted octanol–water partition coefficient (Wildman–Crippen LogP) is 1.88. The third kappa shape index (κ3) is 3.11. The van der Waals surface area contributed by atoms with Gasteiger partial charge in [0, 0.05) is 13.0 Å². The van der Waals surface area contributed by atoms with Crippen molar-refractivity contribution in [3.8, 4) is 0 Å². The van der Waals surface area contributed by atoms with Crippen molar-refractivity contribution in [3.63, 3.8) is 0 Å². The molecule has 4 nitrogen and oxygen atoms in total. The summed E-state index contributed by atoms with van der Waals surface area (Å²) in [6, 6.07) is 0. The van der Waals surface area contributed by atoms with Gasteiger partial charge >= 0.3 is 12.1 Å². The molecule has 0 unspecified atom stereocenters. The minimum Gasteiger partial charge on any atom is -0.419 e. The summed E-state index contributed by atoms with van der Waals surface area (Å²) < 4.78 is 65.6. The highest BCUT2D eigenvalue weighted by Gasteiger charge is 2.62. The van der Waals surface area contributed by atoms with Crippen LogP contribution in [-0.2, 0) is 12.3 Å². The third-order valence-corrected chi connectivity index (χ3v) is 1.86. The van der Waals surface area contributed by atoms with E-state index in [0.29, 0.717) is 13.1 Å². The zero-order valence-corrected chi connectivity index (χ0v) is 8.81. The molecular formula is C8H10F5N3O. The predicted molar refractivity (Wildman–Crippen MR) is 46.5 cm³/mol. The fourth-order valence-electron chi connectivity index (χ4n) is 0.975. The highest BCUT2D eigenvalue weighted by atomic mass is 19.4. The van der Waals surface area contributed by atoms with Crippen LogP contribution < -0.4 is 5.32 Å². The summed E-state index contributed by atoms with van der Waals surface area (Å²) >= 11 is 0. The monoisotopic (exact) mass is 259 g/mol. The van der Waals surface area contributed by atoms with Crippen molar-refractivity contribution in [2.24, 2.45) is 0 Å². The minimum absolute atomic E-state index is 0.0920. The number of likely N-dealkylation sites (N-methyl/N-ethyl adjacent to an activating group) is 1. The van der Waals surface area contributed by atoms with E-state index in [4.69, 9.17) is 0 Å². The van der Waals surface area contributed by atoms with Crippen molar-refractivity contribution < 1.29 is 26.4 Å². The molecule has 9 heteroatoms. The molecule has 0 saturated carbocycles. The molecular weight excluding hydrogens is 249 g/mol. The van der Waals surface area contributed by atoms with E-state index in [0.717, 1.165) is 0 Å². The van der Waals surface area contributed by atoms with Gasteiger partial charge in [-0.3, -0.25) is 0 Å². The number of alkyl halides is 5. The zero-order chi connectivity index (χ0) is 13.1. The Balaban J connectivity index is 2.74. The Bertz CT molecular complexity index is 362. The Morgan fingerprint density at radius 3 is 2.35 bits per heavy atom. The first kappa shape index (κ1) is 13.8. The molecule has 0 bridgehead atoms. The Morgan fingerprint density at radius 1 is 1.18 bits per heavy atom. The molecule has 1 rings (SSSR count). The van der Waals surface area contributed by atoms with Gasteiger partial charge in [-0.25, -0.2) is 0 Å². The van der Waals surface area contributed by atoms with E-state index in [2.05, 4.69) is 19.9 Å². The van der Waals surface area contributed by atoms with E-state index in [1.807, 2.05) is 6.92 Å². The number of nitrogens with zero attached hydrogens (tertiary/aromatic N) is 2. The van der Waals surface area contributed by atoms with Crippen LogP contribution in [0.25, 0.3) is 0 Å². The van der Waals surface area contributed by atoms with Crippen LogP contribution in [0.1, 0.15) is 18.7 Å². The Morgan fingerprint density at radius 2 is 1.82 bits per heavy atom. The second-order valence-corrected chi connectivity index (χ2v) is 3.18. The van der Waals surface area contributed by atoms with Crippen LogP contribution in [0.3, 0.4) is 0 Å². The average molecular weight is 259 g/mol. The molecule has 0 spiro atoms. The molecule has 1 heterocycles. The largest absolute Gasteiger partial charge is 0.463 e. The van der Waals surface area contributed by atoms with E-state index < -0.39 is 18.0 Å². The second kappa shape index (κ2) is 4.94. The summed E-state index contributed by atoms with van der Waals surface area (Å²) in [7, 11) is 0.